The van der Waals surface area contributed by atoms with Crippen molar-refractivity contribution < 1.29 is 26.3 Å². The number of halogens is 4. The molecule has 0 aromatic carbocycles. The van der Waals surface area contributed by atoms with Crippen molar-refractivity contribution in [2.24, 2.45) is 0 Å². The van der Waals surface area contributed by atoms with Crippen molar-refractivity contribution in [2.75, 3.05) is 12.4 Å². The molecule has 0 N–H and O–H groups in total. The van der Waals surface area contributed by atoms with Crippen LogP contribution in [-0.4, -0.2) is 27.1 Å². The standard InChI is InChI=1S/C3H4ClF3O3S/c4-11(8,9)2-1-10-3(5,6)7/h1-2H2. The van der Waals surface area contributed by atoms with Gasteiger partial charge in [0.05, 0.1) is 12.4 Å². The second kappa shape index (κ2) is 3.59. The molecule has 0 bridgehead atoms. The molecule has 0 heterocycles. The summed E-state index contributed by atoms with van der Waals surface area (Å²) in [6, 6.07) is 0. The molecule has 68 valence electrons. The molecule has 3 nitrogen and oxygen atoms in total. The summed E-state index contributed by atoms with van der Waals surface area (Å²) in [4.78, 5) is 0. The van der Waals surface area contributed by atoms with E-state index in [1.54, 1.807) is 0 Å². The van der Waals surface area contributed by atoms with Crippen LogP contribution in [0.1, 0.15) is 0 Å². The van der Waals surface area contributed by atoms with Crippen molar-refractivity contribution >= 4 is 19.7 Å². The normalized spacial score (nSPS) is 13.5. The van der Waals surface area contributed by atoms with Crippen molar-refractivity contribution in [2.45, 2.75) is 6.36 Å². The Kier molecular flexibility index (Phi) is 3.59. The highest BCUT2D eigenvalue weighted by Gasteiger charge is 2.29. The molecular weight excluding hydrogens is 209 g/mol. The van der Waals surface area contributed by atoms with E-state index in [-0.39, 0.29) is 0 Å². The van der Waals surface area contributed by atoms with Crippen molar-refractivity contribution in [3.8, 4) is 0 Å². The summed E-state index contributed by atoms with van der Waals surface area (Å²) in [6.45, 7) is -0.977. The largest absolute Gasteiger partial charge is 0.522 e. The van der Waals surface area contributed by atoms with Gasteiger partial charge in [-0.2, -0.15) is 0 Å². The van der Waals surface area contributed by atoms with Gasteiger partial charge >= 0.3 is 6.36 Å². The highest BCUT2D eigenvalue weighted by Crippen LogP contribution is 2.15. The fourth-order valence-corrected chi connectivity index (χ4v) is 0.728. The van der Waals surface area contributed by atoms with E-state index in [0.717, 1.165) is 0 Å². The first kappa shape index (κ1) is 11.0. The lowest BCUT2D eigenvalue weighted by molar-refractivity contribution is -0.322. The highest BCUT2D eigenvalue weighted by atomic mass is 35.7. The molecule has 0 amide bonds. The minimum atomic E-state index is -4.80. The number of hydrogen-bond acceptors (Lipinski definition) is 3. The molecule has 0 saturated heterocycles. The van der Waals surface area contributed by atoms with E-state index in [9.17, 15) is 21.6 Å². The maximum Gasteiger partial charge on any atom is 0.522 e. The molecule has 0 spiro atoms. The Hall–Kier alpha value is -0.0100. The third-order valence-corrected chi connectivity index (χ3v) is 1.71. The van der Waals surface area contributed by atoms with E-state index in [4.69, 9.17) is 0 Å². The number of hydrogen-bond donors (Lipinski definition) is 0. The Morgan fingerprint density at radius 1 is 1.36 bits per heavy atom. The second-order valence-corrected chi connectivity index (χ2v) is 4.43. The third-order valence-electron chi connectivity index (χ3n) is 0.593. The lowest BCUT2D eigenvalue weighted by atomic mass is 10.9. The maximum absolute atomic E-state index is 11.2. The Morgan fingerprint density at radius 2 is 1.82 bits per heavy atom. The van der Waals surface area contributed by atoms with Crippen molar-refractivity contribution in [1.82, 2.24) is 0 Å². The minimum Gasteiger partial charge on any atom is -0.291 e. The molecule has 8 heteroatoms. The molecule has 0 radical (unpaired) electrons. The Labute approximate surface area is 65.5 Å². The molecule has 0 aliphatic heterocycles. The van der Waals surface area contributed by atoms with Crippen molar-refractivity contribution in [3.63, 3.8) is 0 Å². The average Bonchev–Trinajstić information content (AvgIpc) is 1.55. The zero-order valence-electron chi connectivity index (χ0n) is 5.06. The molecule has 0 unspecified atom stereocenters. The summed E-state index contributed by atoms with van der Waals surface area (Å²) in [5.41, 5.74) is 0. The van der Waals surface area contributed by atoms with Gasteiger partial charge in [-0.05, 0) is 0 Å². The molecule has 0 rings (SSSR count). The Balaban J connectivity index is 3.61. The van der Waals surface area contributed by atoms with Crippen molar-refractivity contribution in [3.05, 3.63) is 0 Å². The number of rotatable bonds is 3. The van der Waals surface area contributed by atoms with E-state index >= 15 is 0 Å². The van der Waals surface area contributed by atoms with Crippen LogP contribution in [0.4, 0.5) is 13.2 Å². The zero-order chi connectivity index (χ0) is 9.12. The Morgan fingerprint density at radius 3 is 2.09 bits per heavy atom. The van der Waals surface area contributed by atoms with Gasteiger partial charge in [-0.25, -0.2) is 8.42 Å². The lowest BCUT2D eigenvalue weighted by Crippen LogP contribution is -2.17. The average molecular weight is 213 g/mol. The van der Waals surface area contributed by atoms with E-state index < -0.39 is 27.8 Å². The first-order valence-corrected chi connectivity index (χ1v) is 4.81. The molecule has 0 atom stereocenters. The van der Waals surface area contributed by atoms with E-state index in [1.807, 2.05) is 0 Å². The van der Waals surface area contributed by atoms with Gasteiger partial charge in [0.2, 0.25) is 9.05 Å². The van der Waals surface area contributed by atoms with Gasteiger partial charge in [-0.3, -0.25) is 4.74 Å². The van der Waals surface area contributed by atoms with Gasteiger partial charge in [-0.1, -0.05) is 0 Å². The fourth-order valence-electron chi connectivity index (χ4n) is 0.257. The predicted octanol–water partition coefficient (Wildman–Crippen LogP) is 1.09. The first-order chi connectivity index (χ1) is 4.71. The van der Waals surface area contributed by atoms with Gasteiger partial charge in [0.1, 0.15) is 0 Å². The highest BCUT2D eigenvalue weighted by molar-refractivity contribution is 8.13. The second-order valence-electron chi connectivity index (χ2n) is 1.54. The minimum absolute atomic E-state index is 0.853. The summed E-state index contributed by atoms with van der Waals surface area (Å²) in [5.74, 6) is -0.853. The van der Waals surface area contributed by atoms with Crippen molar-refractivity contribution in [1.29, 1.82) is 0 Å². The van der Waals surface area contributed by atoms with Crippen LogP contribution in [-0.2, 0) is 13.8 Å². The van der Waals surface area contributed by atoms with E-state index in [0.29, 0.717) is 0 Å². The van der Waals surface area contributed by atoms with Crippen LogP contribution in [0, 0.1) is 0 Å². The summed E-state index contributed by atoms with van der Waals surface area (Å²) in [5, 5.41) is 0. The zero-order valence-corrected chi connectivity index (χ0v) is 6.63. The summed E-state index contributed by atoms with van der Waals surface area (Å²) < 4.78 is 56.7. The quantitative estimate of drug-likeness (QED) is 0.658. The Bertz CT molecular complexity index is 208. The van der Waals surface area contributed by atoms with E-state index in [1.165, 1.54) is 0 Å². The lowest BCUT2D eigenvalue weighted by Gasteiger charge is -2.04. The van der Waals surface area contributed by atoms with Crippen LogP contribution in [0.3, 0.4) is 0 Å². The molecule has 0 aliphatic carbocycles. The monoisotopic (exact) mass is 212 g/mol. The van der Waals surface area contributed by atoms with Gasteiger partial charge in [0.15, 0.2) is 0 Å². The van der Waals surface area contributed by atoms with Crippen LogP contribution in [0.2, 0.25) is 0 Å². The van der Waals surface area contributed by atoms with Gasteiger partial charge in [0.25, 0.3) is 0 Å². The smallest absolute Gasteiger partial charge is 0.291 e. The predicted molar refractivity (Wildman–Crippen MR) is 31.6 cm³/mol. The summed E-state index contributed by atoms with van der Waals surface area (Å²) in [7, 11) is 0.688. The van der Waals surface area contributed by atoms with E-state index in [2.05, 4.69) is 15.4 Å². The molecule has 11 heavy (non-hydrogen) atoms. The molecule has 0 fully saturated rings. The fraction of sp³-hybridized carbons (Fsp3) is 1.00. The summed E-state index contributed by atoms with van der Waals surface area (Å²) >= 11 is 0. The summed E-state index contributed by atoms with van der Waals surface area (Å²) in [6.07, 6.45) is -4.80. The van der Waals surface area contributed by atoms with Gasteiger partial charge in [0, 0.05) is 10.7 Å². The molecule has 0 saturated carbocycles. The molecule has 0 aliphatic rings. The van der Waals surface area contributed by atoms with Crippen LogP contribution >= 0.6 is 10.7 Å². The molecular formula is C3H4ClF3O3S. The van der Waals surface area contributed by atoms with Crippen LogP contribution in [0.25, 0.3) is 0 Å². The van der Waals surface area contributed by atoms with Crippen LogP contribution < -0.4 is 0 Å². The molecule has 0 aromatic rings. The number of ether oxygens (including phenoxy) is 1. The van der Waals surface area contributed by atoms with Gasteiger partial charge in [-0.15, -0.1) is 13.2 Å². The van der Waals surface area contributed by atoms with Gasteiger partial charge < -0.3 is 0 Å². The topological polar surface area (TPSA) is 43.4 Å². The van der Waals surface area contributed by atoms with Crippen LogP contribution in [0.5, 0.6) is 0 Å². The van der Waals surface area contributed by atoms with Crippen LogP contribution in [0.15, 0.2) is 0 Å². The first-order valence-electron chi connectivity index (χ1n) is 2.34. The third kappa shape index (κ3) is 9.99. The SMILES string of the molecule is O=S(=O)(Cl)CCOC(F)(F)F. The molecule has 0 aromatic heterocycles. The number of alkyl halides is 3. The maximum atomic E-state index is 11.2.